The van der Waals surface area contributed by atoms with Gasteiger partial charge < -0.3 is 16.2 Å². The van der Waals surface area contributed by atoms with E-state index >= 15 is 0 Å². The molecule has 1 aromatic rings. The molecule has 0 aliphatic carbocycles. The van der Waals surface area contributed by atoms with Gasteiger partial charge in [-0.15, -0.1) is 0 Å². The fourth-order valence-corrected chi connectivity index (χ4v) is 1.26. The Morgan fingerprint density at radius 2 is 2.27 bits per heavy atom. The third-order valence-electron chi connectivity index (χ3n) is 2.03. The first-order valence-corrected chi connectivity index (χ1v) is 4.42. The molecule has 0 saturated heterocycles. The summed E-state index contributed by atoms with van der Waals surface area (Å²) in [7, 11) is 1.44. The van der Waals surface area contributed by atoms with Gasteiger partial charge in [-0.25, -0.2) is 4.39 Å². The lowest BCUT2D eigenvalue weighted by Gasteiger charge is -2.11. The summed E-state index contributed by atoms with van der Waals surface area (Å²) >= 11 is 0. The second-order valence-corrected chi connectivity index (χ2v) is 3.16. The van der Waals surface area contributed by atoms with Crippen LogP contribution >= 0.6 is 0 Å². The van der Waals surface area contributed by atoms with E-state index in [4.69, 9.17) is 16.2 Å². The highest BCUT2D eigenvalue weighted by atomic mass is 19.1. The minimum absolute atomic E-state index is 0.0801. The van der Waals surface area contributed by atoms with Gasteiger partial charge in [0.15, 0.2) is 0 Å². The lowest BCUT2D eigenvalue weighted by Crippen LogP contribution is -2.21. The zero-order chi connectivity index (χ0) is 11.4. The standard InChI is InChI=1S/C10H13FN2O2/c1-15-6-2-3-7(8(11)4-6)9(12)5-10(13)14/h2-4,9H,5,12H2,1H3,(H2,13,14). The molecule has 0 aliphatic heterocycles. The van der Waals surface area contributed by atoms with Crippen LogP contribution in [0.5, 0.6) is 5.75 Å². The number of hydrogen-bond donors (Lipinski definition) is 2. The Kier molecular flexibility index (Phi) is 3.62. The number of hydrogen-bond acceptors (Lipinski definition) is 3. The Morgan fingerprint density at radius 1 is 1.60 bits per heavy atom. The molecule has 82 valence electrons. The van der Waals surface area contributed by atoms with Crippen molar-refractivity contribution in [1.82, 2.24) is 0 Å². The molecular weight excluding hydrogens is 199 g/mol. The van der Waals surface area contributed by atoms with Gasteiger partial charge in [-0.1, -0.05) is 6.07 Å². The maximum atomic E-state index is 13.4. The minimum Gasteiger partial charge on any atom is -0.497 e. The number of carbonyl (C=O) groups excluding carboxylic acids is 1. The van der Waals surface area contributed by atoms with Crippen LogP contribution in [0.2, 0.25) is 0 Å². The lowest BCUT2D eigenvalue weighted by atomic mass is 10.0. The van der Waals surface area contributed by atoms with Crippen LogP contribution in [0.25, 0.3) is 0 Å². The van der Waals surface area contributed by atoms with E-state index in [0.29, 0.717) is 5.75 Å². The van der Waals surface area contributed by atoms with Gasteiger partial charge in [-0.3, -0.25) is 4.79 Å². The zero-order valence-electron chi connectivity index (χ0n) is 8.37. The molecule has 1 amide bonds. The Bertz CT molecular complexity index is 368. The number of ether oxygens (including phenoxy) is 1. The van der Waals surface area contributed by atoms with Gasteiger partial charge in [-0.05, 0) is 6.07 Å². The molecule has 0 bridgehead atoms. The van der Waals surface area contributed by atoms with Crippen molar-refractivity contribution in [3.8, 4) is 5.75 Å². The highest BCUT2D eigenvalue weighted by Gasteiger charge is 2.14. The predicted molar refractivity (Wildman–Crippen MR) is 53.7 cm³/mol. The number of methoxy groups -OCH3 is 1. The van der Waals surface area contributed by atoms with Crippen LogP contribution in [0.15, 0.2) is 18.2 Å². The number of benzene rings is 1. The van der Waals surface area contributed by atoms with Crippen molar-refractivity contribution in [1.29, 1.82) is 0 Å². The molecule has 1 aromatic carbocycles. The Hall–Kier alpha value is -1.62. The second-order valence-electron chi connectivity index (χ2n) is 3.16. The molecule has 4 nitrogen and oxygen atoms in total. The molecule has 1 unspecified atom stereocenters. The van der Waals surface area contributed by atoms with E-state index in [1.807, 2.05) is 0 Å². The summed E-state index contributed by atoms with van der Waals surface area (Å²) in [5.74, 6) is -0.650. The SMILES string of the molecule is COc1ccc(C(N)CC(N)=O)c(F)c1. The summed E-state index contributed by atoms with van der Waals surface area (Å²) in [4.78, 5) is 10.6. The van der Waals surface area contributed by atoms with Gasteiger partial charge in [0, 0.05) is 24.1 Å². The first-order chi connectivity index (χ1) is 7.04. The number of rotatable bonds is 4. The van der Waals surface area contributed by atoms with Crippen LogP contribution in [0.1, 0.15) is 18.0 Å². The monoisotopic (exact) mass is 212 g/mol. The highest BCUT2D eigenvalue weighted by molar-refractivity contribution is 5.74. The van der Waals surface area contributed by atoms with Crippen molar-refractivity contribution >= 4 is 5.91 Å². The van der Waals surface area contributed by atoms with Gasteiger partial charge in [-0.2, -0.15) is 0 Å². The van der Waals surface area contributed by atoms with Gasteiger partial charge in [0.1, 0.15) is 11.6 Å². The number of primary amides is 1. The third-order valence-corrected chi connectivity index (χ3v) is 2.03. The van der Waals surface area contributed by atoms with Crippen LogP contribution in [0.3, 0.4) is 0 Å². The predicted octanol–water partition coefficient (Wildman–Crippen LogP) is 0.710. The smallest absolute Gasteiger partial charge is 0.219 e. The Labute approximate surface area is 87.0 Å². The zero-order valence-corrected chi connectivity index (χ0v) is 8.37. The molecule has 0 fully saturated rings. The minimum atomic E-state index is -0.714. The quantitative estimate of drug-likeness (QED) is 0.771. The largest absolute Gasteiger partial charge is 0.497 e. The average Bonchev–Trinajstić information content (AvgIpc) is 2.16. The van der Waals surface area contributed by atoms with E-state index in [9.17, 15) is 9.18 Å². The normalized spacial score (nSPS) is 12.2. The third kappa shape index (κ3) is 2.92. The molecule has 0 spiro atoms. The van der Waals surface area contributed by atoms with Crippen LogP contribution in [-0.4, -0.2) is 13.0 Å². The summed E-state index contributed by atoms with van der Waals surface area (Å²) in [6.07, 6.45) is -0.0801. The molecule has 0 radical (unpaired) electrons. The molecule has 0 aliphatic rings. The summed E-state index contributed by atoms with van der Waals surface area (Å²) < 4.78 is 18.3. The first kappa shape index (κ1) is 11.5. The maximum absolute atomic E-state index is 13.4. The summed E-state index contributed by atoms with van der Waals surface area (Å²) in [5.41, 5.74) is 10.8. The van der Waals surface area contributed by atoms with E-state index in [1.54, 1.807) is 6.07 Å². The fraction of sp³-hybridized carbons (Fsp3) is 0.300. The molecule has 15 heavy (non-hydrogen) atoms. The average molecular weight is 212 g/mol. The molecule has 1 atom stereocenters. The topological polar surface area (TPSA) is 78.3 Å². The van der Waals surface area contributed by atoms with Gasteiger partial charge >= 0.3 is 0 Å². The van der Waals surface area contributed by atoms with Crippen LogP contribution < -0.4 is 16.2 Å². The second kappa shape index (κ2) is 4.75. The van der Waals surface area contributed by atoms with E-state index in [2.05, 4.69) is 0 Å². The first-order valence-electron chi connectivity index (χ1n) is 4.42. The van der Waals surface area contributed by atoms with Crippen LogP contribution in [0, 0.1) is 5.82 Å². The molecule has 4 N–H and O–H groups in total. The van der Waals surface area contributed by atoms with Crippen molar-refractivity contribution in [2.75, 3.05) is 7.11 Å². The van der Waals surface area contributed by atoms with E-state index in [1.165, 1.54) is 19.2 Å². The van der Waals surface area contributed by atoms with Crippen molar-refractivity contribution in [2.45, 2.75) is 12.5 Å². The highest BCUT2D eigenvalue weighted by Crippen LogP contribution is 2.22. The Morgan fingerprint density at radius 3 is 2.73 bits per heavy atom. The fourth-order valence-electron chi connectivity index (χ4n) is 1.26. The van der Waals surface area contributed by atoms with E-state index < -0.39 is 17.8 Å². The molecule has 0 saturated carbocycles. The summed E-state index contributed by atoms with van der Waals surface area (Å²) in [5, 5.41) is 0. The van der Waals surface area contributed by atoms with Gasteiger partial charge in [0.05, 0.1) is 7.11 Å². The van der Waals surface area contributed by atoms with Crippen molar-refractivity contribution in [3.63, 3.8) is 0 Å². The van der Waals surface area contributed by atoms with E-state index in [0.717, 1.165) is 0 Å². The maximum Gasteiger partial charge on any atom is 0.219 e. The van der Waals surface area contributed by atoms with Crippen molar-refractivity contribution in [2.24, 2.45) is 11.5 Å². The molecule has 1 rings (SSSR count). The molecule has 0 aromatic heterocycles. The number of halogens is 1. The van der Waals surface area contributed by atoms with Gasteiger partial charge in [0.25, 0.3) is 0 Å². The number of amides is 1. The molecule has 5 heteroatoms. The van der Waals surface area contributed by atoms with Crippen molar-refractivity contribution < 1.29 is 13.9 Å². The summed E-state index contributed by atoms with van der Waals surface area (Å²) in [6, 6.07) is 3.57. The van der Waals surface area contributed by atoms with Crippen LogP contribution in [-0.2, 0) is 4.79 Å². The van der Waals surface area contributed by atoms with E-state index in [-0.39, 0.29) is 12.0 Å². The Balaban J connectivity index is 2.90. The molecular formula is C10H13FN2O2. The van der Waals surface area contributed by atoms with Crippen molar-refractivity contribution in [3.05, 3.63) is 29.6 Å². The summed E-state index contributed by atoms with van der Waals surface area (Å²) in [6.45, 7) is 0. The number of carbonyl (C=O) groups is 1. The lowest BCUT2D eigenvalue weighted by molar-refractivity contribution is -0.118. The van der Waals surface area contributed by atoms with Crippen LogP contribution in [0.4, 0.5) is 4.39 Å². The van der Waals surface area contributed by atoms with Gasteiger partial charge in [0.2, 0.25) is 5.91 Å². The molecule has 0 heterocycles. The number of nitrogens with two attached hydrogens (primary N) is 2.